The molecule has 1 fully saturated rings. The molecular formula is C33H40N2O3. The second-order valence-corrected chi connectivity index (χ2v) is 10.8. The highest BCUT2D eigenvalue weighted by atomic mass is 16.5. The van der Waals surface area contributed by atoms with Crippen molar-refractivity contribution in [2.75, 3.05) is 26.8 Å². The summed E-state index contributed by atoms with van der Waals surface area (Å²) in [4.78, 5) is 15.8. The van der Waals surface area contributed by atoms with E-state index < -0.39 is 0 Å². The molecule has 5 rings (SSSR count). The SMILES string of the molecule is COCc1ccccc1CNC(=O)c1ccc2c(c1)Cc1cccc(c1)CN(CC1CC1)CCCCCO2. The number of nitrogens with zero attached hydrogens (tertiary/aromatic N) is 1. The number of rotatable bonds is 7. The lowest BCUT2D eigenvalue weighted by Gasteiger charge is -2.23. The normalized spacial score (nSPS) is 16.7. The first-order chi connectivity index (χ1) is 18.7. The summed E-state index contributed by atoms with van der Waals surface area (Å²) in [6.07, 6.45) is 6.93. The number of carbonyl (C=O) groups is 1. The molecule has 1 aliphatic carbocycles. The van der Waals surface area contributed by atoms with Gasteiger partial charge in [-0.05, 0) is 90.6 Å². The summed E-state index contributed by atoms with van der Waals surface area (Å²) in [5.74, 6) is 1.69. The number of ether oxygens (including phenoxy) is 2. The van der Waals surface area contributed by atoms with Crippen LogP contribution in [0.1, 0.15) is 70.3 Å². The standard InChI is InChI=1S/C33H40N2O3/c1-37-24-30-11-4-3-10-29(30)21-34-33(36)28-14-15-32-31(20-28)19-26-8-7-9-27(18-26)23-35(22-25-12-13-25)16-5-2-6-17-38-32/h3-4,7-11,14-15,18,20,25H,2,5-6,12-13,16-17,19,21-24H2,1H3,(H,34,36). The second-order valence-electron chi connectivity index (χ2n) is 10.8. The summed E-state index contributed by atoms with van der Waals surface area (Å²) in [7, 11) is 1.69. The summed E-state index contributed by atoms with van der Waals surface area (Å²) < 4.78 is 11.6. The molecule has 1 heterocycles. The quantitative estimate of drug-likeness (QED) is 0.414. The fourth-order valence-corrected chi connectivity index (χ4v) is 5.32. The third kappa shape index (κ3) is 7.46. The minimum Gasteiger partial charge on any atom is -0.493 e. The zero-order valence-corrected chi connectivity index (χ0v) is 22.6. The van der Waals surface area contributed by atoms with Gasteiger partial charge >= 0.3 is 0 Å². The van der Waals surface area contributed by atoms with E-state index in [0.29, 0.717) is 25.3 Å². The van der Waals surface area contributed by atoms with Crippen molar-refractivity contribution in [3.8, 4) is 5.75 Å². The Kier molecular flexibility index (Phi) is 9.11. The Labute approximate surface area is 227 Å². The van der Waals surface area contributed by atoms with Crippen molar-refractivity contribution in [1.82, 2.24) is 10.2 Å². The van der Waals surface area contributed by atoms with Gasteiger partial charge in [-0.2, -0.15) is 0 Å². The summed E-state index contributed by atoms with van der Waals surface area (Å²) in [5, 5.41) is 3.09. The van der Waals surface area contributed by atoms with Gasteiger partial charge in [0.15, 0.2) is 0 Å². The highest BCUT2D eigenvalue weighted by Crippen LogP contribution is 2.31. The topological polar surface area (TPSA) is 50.8 Å². The molecule has 0 aromatic heterocycles. The largest absolute Gasteiger partial charge is 0.493 e. The first kappa shape index (κ1) is 26.5. The van der Waals surface area contributed by atoms with Gasteiger partial charge in [-0.15, -0.1) is 0 Å². The Morgan fingerprint density at radius 1 is 0.974 bits per heavy atom. The van der Waals surface area contributed by atoms with Crippen molar-refractivity contribution in [2.45, 2.75) is 58.2 Å². The van der Waals surface area contributed by atoms with Crippen LogP contribution >= 0.6 is 0 Å². The smallest absolute Gasteiger partial charge is 0.251 e. The first-order valence-electron chi connectivity index (χ1n) is 14.1. The van der Waals surface area contributed by atoms with Gasteiger partial charge in [-0.25, -0.2) is 0 Å². The lowest BCUT2D eigenvalue weighted by atomic mass is 9.99. The highest BCUT2D eigenvalue weighted by molar-refractivity contribution is 5.94. The molecule has 1 saturated carbocycles. The number of fused-ring (bicyclic) bond motifs is 3. The van der Waals surface area contributed by atoms with Crippen molar-refractivity contribution in [3.63, 3.8) is 0 Å². The Morgan fingerprint density at radius 3 is 2.66 bits per heavy atom. The Balaban J connectivity index is 1.33. The number of nitrogens with one attached hydrogen (secondary N) is 1. The van der Waals surface area contributed by atoms with Gasteiger partial charge in [-0.3, -0.25) is 9.69 Å². The summed E-state index contributed by atoms with van der Waals surface area (Å²) in [6, 6.07) is 22.8. The molecule has 0 unspecified atom stereocenters. The van der Waals surface area contributed by atoms with Crippen LogP contribution in [0.15, 0.2) is 66.7 Å². The molecule has 3 aromatic rings. The minimum absolute atomic E-state index is 0.0797. The number of benzene rings is 3. The average Bonchev–Trinajstić information content (AvgIpc) is 3.74. The predicted octanol–water partition coefficient (Wildman–Crippen LogP) is 6.13. The van der Waals surface area contributed by atoms with Crippen LogP contribution in [0.4, 0.5) is 0 Å². The van der Waals surface area contributed by atoms with Crippen LogP contribution in [0.25, 0.3) is 0 Å². The van der Waals surface area contributed by atoms with Crippen LogP contribution in [-0.2, 0) is 30.9 Å². The summed E-state index contributed by atoms with van der Waals surface area (Å²) in [5.41, 5.74) is 6.49. The fourth-order valence-electron chi connectivity index (χ4n) is 5.32. The molecule has 200 valence electrons. The summed E-state index contributed by atoms with van der Waals surface area (Å²) in [6.45, 7) is 5.09. The number of hydrogen-bond donors (Lipinski definition) is 1. The van der Waals surface area contributed by atoms with E-state index >= 15 is 0 Å². The molecule has 1 aliphatic heterocycles. The maximum atomic E-state index is 13.2. The molecule has 1 N–H and O–H groups in total. The molecule has 3 aromatic carbocycles. The molecule has 0 saturated heterocycles. The van der Waals surface area contributed by atoms with Crippen molar-refractivity contribution in [3.05, 3.63) is 100 Å². The van der Waals surface area contributed by atoms with Gasteiger partial charge in [0.05, 0.1) is 13.2 Å². The van der Waals surface area contributed by atoms with Crippen LogP contribution in [-0.4, -0.2) is 37.6 Å². The molecule has 1 amide bonds. The molecule has 5 nitrogen and oxygen atoms in total. The monoisotopic (exact) mass is 512 g/mol. The van der Waals surface area contributed by atoms with Crippen molar-refractivity contribution in [2.24, 2.45) is 5.92 Å². The van der Waals surface area contributed by atoms with Crippen LogP contribution in [0.5, 0.6) is 5.75 Å². The lowest BCUT2D eigenvalue weighted by molar-refractivity contribution is 0.0950. The van der Waals surface area contributed by atoms with E-state index in [1.165, 1.54) is 43.4 Å². The predicted molar refractivity (Wildman–Crippen MR) is 151 cm³/mol. The zero-order valence-electron chi connectivity index (χ0n) is 22.6. The Morgan fingerprint density at radius 2 is 1.82 bits per heavy atom. The van der Waals surface area contributed by atoms with Crippen molar-refractivity contribution >= 4 is 5.91 Å². The van der Waals surface area contributed by atoms with Gasteiger partial charge in [0.25, 0.3) is 5.91 Å². The van der Waals surface area contributed by atoms with E-state index in [-0.39, 0.29) is 5.91 Å². The Bertz CT molecular complexity index is 1220. The van der Waals surface area contributed by atoms with Crippen LogP contribution in [0.2, 0.25) is 0 Å². The second kappa shape index (κ2) is 13.1. The molecule has 0 spiro atoms. The zero-order chi connectivity index (χ0) is 26.2. The van der Waals surface area contributed by atoms with Gasteiger partial charge < -0.3 is 14.8 Å². The highest BCUT2D eigenvalue weighted by Gasteiger charge is 2.24. The number of amides is 1. The third-order valence-corrected chi connectivity index (χ3v) is 7.56. The van der Waals surface area contributed by atoms with E-state index in [1.54, 1.807) is 7.11 Å². The van der Waals surface area contributed by atoms with E-state index in [0.717, 1.165) is 54.3 Å². The summed E-state index contributed by atoms with van der Waals surface area (Å²) >= 11 is 0. The first-order valence-corrected chi connectivity index (χ1v) is 14.1. The van der Waals surface area contributed by atoms with Crippen LogP contribution in [0.3, 0.4) is 0 Å². The van der Waals surface area contributed by atoms with Crippen LogP contribution < -0.4 is 10.1 Å². The Hall–Kier alpha value is -3.15. The third-order valence-electron chi connectivity index (χ3n) is 7.56. The molecule has 5 heteroatoms. The van der Waals surface area contributed by atoms with E-state index in [2.05, 4.69) is 34.5 Å². The molecule has 2 aliphatic rings. The number of hydrogen-bond acceptors (Lipinski definition) is 4. The fraction of sp³-hybridized carbons (Fsp3) is 0.424. The van der Waals surface area contributed by atoms with Crippen molar-refractivity contribution < 1.29 is 14.3 Å². The van der Waals surface area contributed by atoms with E-state index in [4.69, 9.17) is 9.47 Å². The van der Waals surface area contributed by atoms with Gasteiger partial charge in [0.2, 0.25) is 0 Å². The average molecular weight is 513 g/mol. The molecule has 0 atom stereocenters. The molecule has 2 bridgehead atoms. The maximum Gasteiger partial charge on any atom is 0.251 e. The van der Waals surface area contributed by atoms with E-state index in [9.17, 15) is 4.79 Å². The van der Waals surface area contributed by atoms with Gasteiger partial charge in [-0.1, -0.05) is 48.5 Å². The van der Waals surface area contributed by atoms with Gasteiger partial charge in [0.1, 0.15) is 5.75 Å². The maximum absolute atomic E-state index is 13.2. The van der Waals surface area contributed by atoms with Gasteiger partial charge in [0, 0.05) is 38.7 Å². The number of methoxy groups -OCH3 is 1. The lowest BCUT2D eigenvalue weighted by Crippen LogP contribution is -2.27. The van der Waals surface area contributed by atoms with E-state index in [1.807, 2.05) is 42.5 Å². The molecule has 38 heavy (non-hydrogen) atoms. The number of carbonyl (C=O) groups excluding carboxylic acids is 1. The molecular weight excluding hydrogens is 472 g/mol. The molecule has 0 radical (unpaired) electrons. The van der Waals surface area contributed by atoms with Crippen molar-refractivity contribution in [1.29, 1.82) is 0 Å². The minimum atomic E-state index is -0.0797. The van der Waals surface area contributed by atoms with Crippen LogP contribution in [0, 0.1) is 5.92 Å².